The zero-order valence-corrected chi connectivity index (χ0v) is 15.4. The molecule has 3 aromatic rings. The van der Waals surface area contributed by atoms with Crippen LogP contribution >= 0.6 is 0 Å². The van der Waals surface area contributed by atoms with Crippen molar-refractivity contribution >= 4 is 15.7 Å². The molecule has 0 aliphatic heterocycles. The van der Waals surface area contributed by atoms with Crippen molar-refractivity contribution in [1.82, 2.24) is 4.98 Å². The number of sulfonamides is 1. The third-order valence-electron chi connectivity index (χ3n) is 3.98. The molecule has 1 heterocycles. The monoisotopic (exact) mass is 356 g/mol. The molecule has 5 nitrogen and oxygen atoms in total. The molecular weight excluding hydrogens is 336 g/mol. The largest absolute Gasteiger partial charge is 0.441 e. The van der Waals surface area contributed by atoms with Crippen LogP contribution in [-0.2, 0) is 10.0 Å². The highest BCUT2D eigenvalue weighted by Crippen LogP contribution is 2.26. The van der Waals surface area contributed by atoms with Gasteiger partial charge in [-0.15, -0.1) is 0 Å². The van der Waals surface area contributed by atoms with Gasteiger partial charge in [0, 0.05) is 12.5 Å². The van der Waals surface area contributed by atoms with Crippen LogP contribution in [0.25, 0.3) is 11.3 Å². The van der Waals surface area contributed by atoms with Gasteiger partial charge in [-0.2, -0.15) is 0 Å². The van der Waals surface area contributed by atoms with Gasteiger partial charge in [0.2, 0.25) is 0 Å². The second-order valence-electron chi connectivity index (χ2n) is 6.15. The quantitative estimate of drug-likeness (QED) is 0.753. The maximum absolute atomic E-state index is 12.7. The van der Waals surface area contributed by atoms with Gasteiger partial charge >= 0.3 is 0 Å². The van der Waals surface area contributed by atoms with E-state index in [1.165, 1.54) is 0 Å². The first kappa shape index (κ1) is 17.2. The maximum atomic E-state index is 12.7. The summed E-state index contributed by atoms with van der Waals surface area (Å²) in [6.07, 6.45) is 1.62. The number of benzene rings is 2. The van der Waals surface area contributed by atoms with Gasteiger partial charge in [0.1, 0.15) is 0 Å². The van der Waals surface area contributed by atoms with Crippen LogP contribution in [0.5, 0.6) is 0 Å². The van der Waals surface area contributed by atoms with E-state index in [-0.39, 0.29) is 4.90 Å². The molecular formula is C19H20N2O3S. The third kappa shape index (κ3) is 3.58. The Bertz CT molecular complexity index is 996. The van der Waals surface area contributed by atoms with Crippen LogP contribution in [0.3, 0.4) is 0 Å². The molecule has 0 unspecified atom stereocenters. The fourth-order valence-corrected chi connectivity index (χ4v) is 4.03. The van der Waals surface area contributed by atoms with E-state index < -0.39 is 10.0 Å². The van der Waals surface area contributed by atoms with E-state index in [0.29, 0.717) is 17.3 Å². The summed E-state index contributed by atoms with van der Waals surface area (Å²) in [6, 6.07) is 10.5. The summed E-state index contributed by atoms with van der Waals surface area (Å²) < 4.78 is 33.5. The van der Waals surface area contributed by atoms with Crippen molar-refractivity contribution in [1.29, 1.82) is 0 Å². The first-order chi connectivity index (χ1) is 11.8. The van der Waals surface area contributed by atoms with E-state index in [4.69, 9.17) is 4.42 Å². The summed E-state index contributed by atoms with van der Waals surface area (Å²) in [5, 5.41) is 0. The molecule has 0 amide bonds. The molecule has 2 aromatic carbocycles. The molecule has 0 radical (unpaired) electrons. The summed E-state index contributed by atoms with van der Waals surface area (Å²) in [4.78, 5) is 4.25. The van der Waals surface area contributed by atoms with Gasteiger partial charge in [0.15, 0.2) is 11.7 Å². The fourth-order valence-electron chi connectivity index (χ4n) is 2.83. The second kappa shape index (κ2) is 6.37. The Balaban J connectivity index is 1.90. The van der Waals surface area contributed by atoms with E-state index >= 15 is 0 Å². The number of rotatable bonds is 4. The highest BCUT2D eigenvalue weighted by molar-refractivity contribution is 7.92. The first-order valence-corrected chi connectivity index (χ1v) is 9.38. The zero-order chi connectivity index (χ0) is 18.2. The topological polar surface area (TPSA) is 72.2 Å². The van der Waals surface area contributed by atoms with Crippen LogP contribution in [0.1, 0.15) is 22.6 Å². The molecule has 0 atom stereocenters. The lowest BCUT2D eigenvalue weighted by Crippen LogP contribution is -2.14. The summed E-state index contributed by atoms with van der Waals surface area (Å²) in [5.74, 6) is 1.18. The van der Waals surface area contributed by atoms with Gasteiger partial charge < -0.3 is 4.42 Å². The average Bonchev–Trinajstić information content (AvgIpc) is 2.98. The molecule has 3 rings (SSSR count). The normalized spacial score (nSPS) is 11.5. The minimum absolute atomic E-state index is 0.201. The van der Waals surface area contributed by atoms with Gasteiger partial charge in [-0.25, -0.2) is 13.4 Å². The Morgan fingerprint density at radius 1 is 0.960 bits per heavy atom. The molecule has 0 aliphatic carbocycles. The van der Waals surface area contributed by atoms with Gasteiger partial charge in [-0.1, -0.05) is 17.7 Å². The summed E-state index contributed by atoms with van der Waals surface area (Å²) >= 11 is 0. The van der Waals surface area contributed by atoms with Crippen molar-refractivity contribution in [2.45, 2.75) is 32.6 Å². The van der Waals surface area contributed by atoms with Crippen LogP contribution in [-0.4, -0.2) is 13.4 Å². The summed E-state index contributed by atoms with van der Waals surface area (Å²) in [7, 11) is -3.66. The third-order valence-corrected chi connectivity index (χ3v) is 5.35. The van der Waals surface area contributed by atoms with Crippen LogP contribution in [0.15, 0.2) is 51.9 Å². The van der Waals surface area contributed by atoms with E-state index in [1.54, 1.807) is 37.4 Å². The van der Waals surface area contributed by atoms with Crippen molar-refractivity contribution in [2.24, 2.45) is 0 Å². The fraction of sp³-hybridized carbons (Fsp3) is 0.211. The Hall–Kier alpha value is -2.60. The van der Waals surface area contributed by atoms with Gasteiger partial charge in [-0.3, -0.25) is 4.72 Å². The molecule has 0 saturated carbocycles. The lowest BCUT2D eigenvalue weighted by atomic mass is 10.1. The van der Waals surface area contributed by atoms with E-state index in [0.717, 1.165) is 22.3 Å². The zero-order valence-electron chi connectivity index (χ0n) is 14.6. The van der Waals surface area contributed by atoms with Crippen LogP contribution in [0.4, 0.5) is 5.69 Å². The standard InChI is InChI=1S/C19H20N2O3S/c1-12-9-13(2)19(14(3)10-12)21-25(22,23)17-7-5-16(6-8-17)18-11-20-15(4)24-18/h5-11,21H,1-4H3. The predicted molar refractivity (Wildman–Crippen MR) is 98.1 cm³/mol. The van der Waals surface area contributed by atoms with E-state index in [1.807, 2.05) is 32.9 Å². The smallest absolute Gasteiger partial charge is 0.261 e. The Morgan fingerprint density at radius 2 is 1.56 bits per heavy atom. The number of hydrogen-bond donors (Lipinski definition) is 1. The first-order valence-electron chi connectivity index (χ1n) is 7.90. The predicted octanol–water partition coefficient (Wildman–Crippen LogP) is 4.38. The number of aryl methyl sites for hydroxylation is 4. The molecule has 0 spiro atoms. The summed E-state index contributed by atoms with van der Waals surface area (Å²) in [5.41, 5.74) is 4.30. The Labute approximate surface area is 147 Å². The molecule has 0 fully saturated rings. The molecule has 130 valence electrons. The highest BCUT2D eigenvalue weighted by atomic mass is 32.2. The Morgan fingerprint density at radius 3 is 2.08 bits per heavy atom. The van der Waals surface area contributed by atoms with Crippen LogP contribution in [0.2, 0.25) is 0 Å². The van der Waals surface area contributed by atoms with Gasteiger partial charge in [-0.05, 0) is 56.2 Å². The molecule has 6 heteroatoms. The second-order valence-corrected chi connectivity index (χ2v) is 7.83. The molecule has 0 saturated heterocycles. The lowest BCUT2D eigenvalue weighted by molar-refractivity contribution is 0.534. The number of anilines is 1. The van der Waals surface area contributed by atoms with Crippen molar-refractivity contribution in [3.05, 3.63) is 65.2 Å². The Kier molecular flexibility index (Phi) is 4.39. The minimum Gasteiger partial charge on any atom is -0.441 e. The highest BCUT2D eigenvalue weighted by Gasteiger charge is 2.17. The van der Waals surface area contributed by atoms with Crippen LogP contribution < -0.4 is 4.72 Å². The van der Waals surface area contributed by atoms with Crippen molar-refractivity contribution in [3.63, 3.8) is 0 Å². The van der Waals surface area contributed by atoms with E-state index in [9.17, 15) is 8.42 Å². The SMILES string of the molecule is Cc1cc(C)c(NS(=O)(=O)c2ccc(-c3cnc(C)o3)cc2)c(C)c1. The number of hydrogen-bond acceptors (Lipinski definition) is 4. The average molecular weight is 356 g/mol. The molecule has 1 aromatic heterocycles. The lowest BCUT2D eigenvalue weighted by Gasteiger charge is -2.14. The molecule has 0 bridgehead atoms. The molecule has 25 heavy (non-hydrogen) atoms. The number of nitrogens with one attached hydrogen (secondary N) is 1. The summed E-state index contributed by atoms with van der Waals surface area (Å²) in [6.45, 7) is 7.54. The number of nitrogens with zero attached hydrogens (tertiary/aromatic N) is 1. The minimum atomic E-state index is -3.66. The van der Waals surface area contributed by atoms with Gasteiger partial charge in [0.05, 0.1) is 16.8 Å². The number of oxazole rings is 1. The van der Waals surface area contributed by atoms with Gasteiger partial charge in [0.25, 0.3) is 10.0 Å². The maximum Gasteiger partial charge on any atom is 0.261 e. The number of aromatic nitrogens is 1. The van der Waals surface area contributed by atoms with Crippen molar-refractivity contribution < 1.29 is 12.8 Å². The van der Waals surface area contributed by atoms with E-state index in [2.05, 4.69) is 9.71 Å². The molecule has 0 aliphatic rings. The van der Waals surface area contributed by atoms with Crippen LogP contribution in [0, 0.1) is 27.7 Å². The van der Waals surface area contributed by atoms with Crippen molar-refractivity contribution in [3.8, 4) is 11.3 Å². The molecule has 1 N–H and O–H groups in total. The van der Waals surface area contributed by atoms with Crippen molar-refractivity contribution in [2.75, 3.05) is 4.72 Å².